The maximum atomic E-state index is 6.06. The predicted molar refractivity (Wildman–Crippen MR) is 75.9 cm³/mol. The smallest absolute Gasteiger partial charge is 0.223 e. The summed E-state index contributed by atoms with van der Waals surface area (Å²) in [5.41, 5.74) is 8.99. The minimum absolute atomic E-state index is 0.149. The Balaban J connectivity index is 2.31. The summed E-state index contributed by atoms with van der Waals surface area (Å²) < 4.78 is 1.87. The number of benzene rings is 1. The number of nitrogens with zero attached hydrogens (tertiary/aromatic N) is 4. The molecule has 0 unspecified atom stereocenters. The molecule has 6 heteroatoms. The van der Waals surface area contributed by atoms with Crippen molar-refractivity contribution in [3.05, 3.63) is 35.0 Å². The number of halogens is 1. The second kappa shape index (κ2) is 4.20. The third-order valence-corrected chi connectivity index (χ3v) is 3.23. The summed E-state index contributed by atoms with van der Waals surface area (Å²) in [6.07, 6.45) is 0. The van der Waals surface area contributed by atoms with E-state index >= 15 is 0 Å². The van der Waals surface area contributed by atoms with Crippen molar-refractivity contribution in [3.63, 3.8) is 0 Å². The molecule has 3 aromatic rings. The van der Waals surface area contributed by atoms with E-state index in [9.17, 15) is 0 Å². The number of imidazole rings is 1. The SMILES string of the molecule is Cc1cccc(-c2nc3c(Cl)nc(N)nc3n2C)c1. The van der Waals surface area contributed by atoms with Gasteiger partial charge in [-0.25, -0.2) is 4.98 Å². The van der Waals surface area contributed by atoms with Crippen LogP contribution in [0.4, 0.5) is 5.95 Å². The van der Waals surface area contributed by atoms with Gasteiger partial charge in [-0.05, 0) is 13.0 Å². The lowest BCUT2D eigenvalue weighted by Gasteiger charge is -2.02. The minimum Gasteiger partial charge on any atom is -0.368 e. The number of hydrogen-bond acceptors (Lipinski definition) is 4. The first-order chi connectivity index (χ1) is 9.06. The van der Waals surface area contributed by atoms with Gasteiger partial charge in [0.15, 0.2) is 10.8 Å². The van der Waals surface area contributed by atoms with Gasteiger partial charge >= 0.3 is 0 Å². The fraction of sp³-hybridized carbons (Fsp3) is 0.154. The Morgan fingerprint density at radius 2 is 2.00 bits per heavy atom. The Morgan fingerprint density at radius 3 is 2.74 bits per heavy atom. The van der Waals surface area contributed by atoms with Crippen LogP contribution in [0.25, 0.3) is 22.6 Å². The lowest BCUT2D eigenvalue weighted by molar-refractivity contribution is 0.940. The van der Waals surface area contributed by atoms with Gasteiger partial charge in [0.05, 0.1) is 0 Å². The standard InChI is InChI=1S/C13H12ClN5/c1-7-4-3-5-8(6-7)11-16-9-10(14)17-13(15)18-12(9)19(11)2/h3-6H,1-2H3,(H2,15,17,18). The highest BCUT2D eigenvalue weighted by Crippen LogP contribution is 2.26. The van der Waals surface area contributed by atoms with Crippen molar-refractivity contribution in [1.29, 1.82) is 0 Å². The molecule has 0 aliphatic heterocycles. The number of fused-ring (bicyclic) bond motifs is 1. The maximum Gasteiger partial charge on any atom is 0.223 e. The summed E-state index contributed by atoms with van der Waals surface area (Å²) in [5.74, 6) is 0.941. The van der Waals surface area contributed by atoms with E-state index in [1.54, 1.807) is 0 Å². The van der Waals surface area contributed by atoms with E-state index < -0.39 is 0 Å². The minimum atomic E-state index is 0.149. The average Bonchev–Trinajstić information content (AvgIpc) is 2.68. The molecule has 19 heavy (non-hydrogen) atoms. The van der Waals surface area contributed by atoms with Gasteiger partial charge in [-0.2, -0.15) is 9.97 Å². The summed E-state index contributed by atoms with van der Waals surface area (Å²) in [4.78, 5) is 12.6. The number of hydrogen-bond donors (Lipinski definition) is 1. The van der Waals surface area contributed by atoms with Crippen molar-refractivity contribution in [2.75, 3.05) is 5.73 Å². The average molecular weight is 274 g/mol. The van der Waals surface area contributed by atoms with Crippen LogP contribution < -0.4 is 5.73 Å². The molecular weight excluding hydrogens is 262 g/mol. The predicted octanol–water partition coefficient (Wildman–Crippen LogP) is 2.57. The second-order valence-corrected chi connectivity index (χ2v) is 4.77. The van der Waals surface area contributed by atoms with Crippen LogP contribution in [0.15, 0.2) is 24.3 Å². The van der Waals surface area contributed by atoms with E-state index in [0.29, 0.717) is 11.2 Å². The van der Waals surface area contributed by atoms with E-state index in [-0.39, 0.29) is 11.1 Å². The summed E-state index contributed by atoms with van der Waals surface area (Å²) in [6, 6.07) is 8.09. The molecule has 2 N–H and O–H groups in total. The van der Waals surface area contributed by atoms with Gasteiger partial charge in [0, 0.05) is 12.6 Å². The molecule has 0 spiro atoms. The molecule has 0 radical (unpaired) electrons. The number of rotatable bonds is 1. The molecule has 0 aliphatic carbocycles. The van der Waals surface area contributed by atoms with Gasteiger partial charge in [-0.15, -0.1) is 0 Å². The van der Waals surface area contributed by atoms with Crippen LogP contribution in [0.5, 0.6) is 0 Å². The molecule has 3 rings (SSSR count). The van der Waals surface area contributed by atoms with Crippen LogP contribution in [-0.2, 0) is 7.05 Å². The van der Waals surface area contributed by atoms with Crippen LogP contribution >= 0.6 is 11.6 Å². The first-order valence-electron chi connectivity index (χ1n) is 5.79. The molecular formula is C13H12ClN5. The summed E-state index contributed by atoms with van der Waals surface area (Å²) in [7, 11) is 1.88. The molecule has 2 aromatic heterocycles. The van der Waals surface area contributed by atoms with Gasteiger partial charge in [0.25, 0.3) is 0 Å². The molecule has 1 aromatic carbocycles. The Bertz CT molecular complexity index is 778. The molecule has 0 amide bonds. The van der Waals surface area contributed by atoms with Gasteiger partial charge in [0.2, 0.25) is 5.95 Å². The lowest BCUT2D eigenvalue weighted by atomic mass is 10.1. The maximum absolute atomic E-state index is 6.06. The van der Waals surface area contributed by atoms with E-state index in [1.165, 1.54) is 5.56 Å². The van der Waals surface area contributed by atoms with Crippen molar-refractivity contribution in [2.24, 2.45) is 7.05 Å². The Morgan fingerprint density at radius 1 is 1.21 bits per heavy atom. The molecule has 2 heterocycles. The zero-order valence-corrected chi connectivity index (χ0v) is 11.3. The fourth-order valence-electron chi connectivity index (χ4n) is 2.09. The molecule has 0 saturated carbocycles. The molecule has 5 nitrogen and oxygen atoms in total. The molecule has 0 bridgehead atoms. The third-order valence-electron chi connectivity index (χ3n) is 2.97. The zero-order valence-electron chi connectivity index (χ0n) is 10.6. The van der Waals surface area contributed by atoms with E-state index in [4.69, 9.17) is 17.3 Å². The van der Waals surface area contributed by atoms with Crippen LogP contribution in [0.3, 0.4) is 0 Å². The summed E-state index contributed by atoms with van der Waals surface area (Å²) in [5, 5.41) is 0.275. The van der Waals surface area contributed by atoms with Crippen molar-refractivity contribution in [1.82, 2.24) is 19.5 Å². The molecule has 0 aliphatic rings. The van der Waals surface area contributed by atoms with E-state index in [0.717, 1.165) is 11.4 Å². The van der Waals surface area contributed by atoms with Gasteiger partial charge in [-0.3, -0.25) is 0 Å². The molecule has 0 atom stereocenters. The Kier molecular flexibility index (Phi) is 2.64. The molecule has 96 valence electrons. The Labute approximate surface area is 115 Å². The molecule has 0 saturated heterocycles. The first-order valence-corrected chi connectivity index (χ1v) is 6.16. The Hall–Kier alpha value is -2.14. The van der Waals surface area contributed by atoms with Crippen LogP contribution in [0.2, 0.25) is 5.15 Å². The quantitative estimate of drug-likeness (QED) is 0.692. The fourth-order valence-corrected chi connectivity index (χ4v) is 2.30. The van der Waals surface area contributed by atoms with E-state index in [1.807, 2.05) is 36.7 Å². The van der Waals surface area contributed by atoms with Crippen LogP contribution in [-0.4, -0.2) is 19.5 Å². The number of aryl methyl sites for hydroxylation is 2. The first kappa shape index (κ1) is 11.9. The van der Waals surface area contributed by atoms with Gasteiger partial charge in [-0.1, -0.05) is 35.4 Å². The van der Waals surface area contributed by atoms with Crippen molar-refractivity contribution in [3.8, 4) is 11.4 Å². The lowest BCUT2D eigenvalue weighted by Crippen LogP contribution is -1.98. The number of aromatic nitrogens is 4. The summed E-state index contributed by atoms with van der Waals surface area (Å²) >= 11 is 6.06. The number of nitrogen functional groups attached to an aromatic ring is 1. The largest absolute Gasteiger partial charge is 0.368 e. The van der Waals surface area contributed by atoms with Crippen LogP contribution in [0.1, 0.15) is 5.56 Å². The van der Waals surface area contributed by atoms with E-state index in [2.05, 4.69) is 21.0 Å². The number of anilines is 1. The highest BCUT2D eigenvalue weighted by molar-refractivity contribution is 6.33. The highest BCUT2D eigenvalue weighted by atomic mass is 35.5. The zero-order chi connectivity index (χ0) is 13.6. The summed E-state index contributed by atoms with van der Waals surface area (Å²) in [6.45, 7) is 2.04. The monoisotopic (exact) mass is 273 g/mol. The third kappa shape index (κ3) is 1.92. The second-order valence-electron chi connectivity index (χ2n) is 4.41. The topological polar surface area (TPSA) is 69.6 Å². The van der Waals surface area contributed by atoms with Crippen molar-refractivity contribution >= 4 is 28.7 Å². The van der Waals surface area contributed by atoms with Crippen LogP contribution in [0, 0.1) is 6.92 Å². The molecule has 0 fully saturated rings. The van der Waals surface area contributed by atoms with Crippen molar-refractivity contribution < 1.29 is 0 Å². The van der Waals surface area contributed by atoms with Crippen molar-refractivity contribution in [2.45, 2.75) is 6.92 Å². The normalized spacial score (nSPS) is 11.1. The number of nitrogens with two attached hydrogens (primary N) is 1. The van der Waals surface area contributed by atoms with Gasteiger partial charge < -0.3 is 10.3 Å². The highest BCUT2D eigenvalue weighted by Gasteiger charge is 2.15. The van der Waals surface area contributed by atoms with Gasteiger partial charge in [0.1, 0.15) is 11.3 Å².